The lowest BCUT2D eigenvalue weighted by Gasteiger charge is -2.26. The highest BCUT2D eigenvalue weighted by molar-refractivity contribution is 5.74. The van der Waals surface area contributed by atoms with Crippen LogP contribution >= 0.6 is 0 Å². The smallest absolute Gasteiger partial charge is 0.218 e. The molecule has 0 heterocycles. The van der Waals surface area contributed by atoms with Crippen molar-refractivity contribution < 1.29 is 4.79 Å². The van der Waals surface area contributed by atoms with Gasteiger partial charge in [-0.25, -0.2) is 0 Å². The molecule has 2 aliphatic rings. The Morgan fingerprint density at radius 1 is 1.31 bits per heavy atom. The minimum absolute atomic E-state index is 0.0130. The quantitative estimate of drug-likeness (QED) is 0.672. The van der Waals surface area contributed by atoms with Gasteiger partial charge in [-0.05, 0) is 43.4 Å². The zero-order valence-electron chi connectivity index (χ0n) is 7.91. The predicted molar refractivity (Wildman–Crippen MR) is 50.7 cm³/mol. The van der Waals surface area contributed by atoms with Gasteiger partial charge in [0.1, 0.15) is 0 Å². The molecular formula is C10H18N2O. The SMILES string of the molecule is NC(=O)C[C@@H](N)C1CCC2CC2C1. The topological polar surface area (TPSA) is 69.1 Å². The second-order valence-electron chi connectivity index (χ2n) is 4.66. The molecule has 3 heteroatoms. The number of primary amides is 1. The van der Waals surface area contributed by atoms with Crippen LogP contribution in [0.25, 0.3) is 0 Å². The Kier molecular flexibility index (Phi) is 2.28. The summed E-state index contributed by atoms with van der Waals surface area (Å²) in [6, 6.07) is 0.0130. The van der Waals surface area contributed by atoms with Crippen molar-refractivity contribution in [3.05, 3.63) is 0 Å². The summed E-state index contributed by atoms with van der Waals surface area (Å²) in [6.07, 6.45) is 5.53. The summed E-state index contributed by atoms with van der Waals surface area (Å²) in [7, 11) is 0. The number of amides is 1. The maximum absolute atomic E-state index is 10.7. The number of rotatable bonds is 3. The van der Waals surface area contributed by atoms with E-state index in [4.69, 9.17) is 11.5 Å². The van der Waals surface area contributed by atoms with Gasteiger partial charge < -0.3 is 11.5 Å². The summed E-state index contributed by atoms with van der Waals surface area (Å²) < 4.78 is 0. The molecule has 2 fully saturated rings. The molecule has 0 radical (unpaired) electrons. The first-order valence-electron chi connectivity index (χ1n) is 5.20. The third-order valence-electron chi connectivity index (χ3n) is 3.63. The van der Waals surface area contributed by atoms with E-state index >= 15 is 0 Å². The van der Waals surface area contributed by atoms with Gasteiger partial charge in [0.25, 0.3) is 0 Å². The average Bonchev–Trinajstić information content (AvgIpc) is 2.79. The molecule has 74 valence electrons. The van der Waals surface area contributed by atoms with Gasteiger partial charge in [0, 0.05) is 12.5 Å². The highest BCUT2D eigenvalue weighted by Crippen LogP contribution is 2.51. The number of carbonyl (C=O) groups is 1. The summed E-state index contributed by atoms with van der Waals surface area (Å²) in [5, 5.41) is 0. The van der Waals surface area contributed by atoms with Crippen molar-refractivity contribution in [3.63, 3.8) is 0 Å². The van der Waals surface area contributed by atoms with Crippen LogP contribution in [0.4, 0.5) is 0 Å². The Bertz CT molecular complexity index is 217. The lowest BCUT2D eigenvalue weighted by molar-refractivity contribution is -0.118. The molecule has 0 bridgehead atoms. The standard InChI is InChI=1S/C10H18N2O/c11-9(5-10(12)13)7-2-1-6-3-8(6)4-7/h6-9H,1-5,11H2,(H2,12,13)/t6?,7?,8?,9-/m1/s1. The fraction of sp³-hybridized carbons (Fsp3) is 0.900. The van der Waals surface area contributed by atoms with Gasteiger partial charge in [0.05, 0.1) is 0 Å². The lowest BCUT2D eigenvalue weighted by Crippen LogP contribution is -2.36. The lowest BCUT2D eigenvalue weighted by atomic mass is 9.83. The van der Waals surface area contributed by atoms with E-state index in [1.807, 2.05) is 0 Å². The van der Waals surface area contributed by atoms with Gasteiger partial charge in [-0.3, -0.25) is 4.79 Å². The summed E-state index contributed by atoms with van der Waals surface area (Å²) in [4.78, 5) is 10.7. The van der Waals surface area contributed by atoms with Crippen molar-refractivity contribution >= 4 is 5.91 Å². The summed E-state index contributed by atoms with van der Waals surface area (Å²) in [5.74, 6) is 2.22. The third kappa shape index (κ3) is 2.02. The van der Waals surface area contributed by atoms with E-state index in [-0.39, 0.29) is 11.9 Å². The third-order valence-corrected chi connectivity index (χ3v) is 3.63. The first-order valence-corrected chi connectivity index (χ1v) is 5.20. The van der Waals surface area contributed by atoms with Crippen LogP contribution in [-0.4, -0.2) is 11.9 Å². The van der Waals surface area contributed by atoms with E-state index in [0.717, 1.165) is 11.8 Å². The zero-order valence-corrected chi connectivity index (χ0v) is 7.91. The number of nitrogens with two attached hydrogens (primary N) is 2. The Morgan fingerprint density at radius 3 is 2.69 bits per heavy atom. The van der Waals surface area contributed by atoms with Gasteiger partial charge >= 0.3 is 0 Å². The molecule has 2 rings (SSSR count). The van der Waals surface area contributed by atoms with Crippen LogP contribution < -0.4 is 11.5 Å². The molecule has 0 saturated heterocycles. The average molecular weight is 182 g/mol. The molecule has 4 N–H and O–H groups in total. The van der Waals surface area contributed by atoms with E-state index in [0.29, 0.717) is 12.3 Å². The molecule has 0 aliphatic heterocycles. The van der Waals surface area contributed by atoms with E-state index < -0.39 is 0 Å². The van der Waals surface area contributed by atoms with Gasteiger partial charge in [0.2, 0.25) is 5.91 Å². The van der Waals surface area contributed by atoms with Crippen molar-refractivity contribution in [2.75, 3.05) is 0 Å². The molecule has 2 saturated carbocycles. The number of fused-ring (bicyclic) bond motifs is 1. The highest BCUT2D eigenvalue weighted by atomic mass is 16.1. The second-order valence-corrected chi connectivity index (χ2v) is 4.66. The van der Waals surface area contributed by atoms with Crippen molar-refractivity contribution in [2.24, 2.45) is 29.2 Å². The van der Waals surface area contributed by atoms with E-state index in [1.165, 1.54) is 25.7 Å². The molecule has 2 aliphatic carbocycles. The Hall–Kier alpha value is -0.570. The van der Waals surface area contributed by atoms with Crippen LogP contribution in [0, 0.1) is 17.8 Å². The predicted octanol–water partition coefficient (Wildman–Crippen LogP) is 0.625. The molecule has 0 aromatic heterocycles. The van der Waals surface area contributed by atoms with Gasteiger partial charge in [0.15, 0.2) is 0 Å². The summed E-state index contributed by atoms with van der Waals surface area (Å²) in [6.45, 7) is 0. The van der Waals surface area contributed by atoms with Crippen LogP contribution in [0.1, 0.15) is 32.1 Å². The normalized spacial score (nSPS) is 39.3. The largest absolute Gasteiger partial charge is 0.370 e. The summed E-state index contributed by atoms with van der Waals surface area (Å²) in [5.41, 5.74) is 11.1. The second kappa shape index (κ2) is 3.29. The van der Waals surface area contributed by atoms with E-state index in [9.17, 15) is 4.79 Å². The maximum Gasteiger partial charge on any atom is 0.218 e. The first-order chi connectivity index (χ1) is 6.16. The molecule has 13 heavy (non-hydrogen) atoms. The van der Waals surface area contributed by atoms with E-state index in [1.54, 1.807) is 0 Å². The highest BCUT2D eigenvalue weighted by Gasteiger charge is 2.43. The van der Waals surface area contributed by atoms with Crippen LogP contribution in [0.2, 0.25) is 0 Å². The van der Waals surface area contributed by atoms with Gasteiger partial charge in [-0.1, -0.05) is 0 Å². The van der Waals surface area contributed by atoms with Crippen molar-refractivity contribution in [1.82, 2.24) is 0 Å². The monoisotopic (exact) mass is 182 g/mol. The van der Waals surface area contributed by atoms with Crippen LogP contribution in [0.3, 0.4) is 0 Å². The molecule has 0 aromatic rings. The fourth-order valence-electron chi connectivity index (χ4n) is 2.68. The van der Waals surface area contributed by atoms with Gasteiger partial charge in [-0.15, -0.1) is 0 Å². The van der Waals surface area contributed by atoms with Crippen LogP contribution in [0.5, 0.6) is 0 Å². The molecule has 1 amide bonds. The van der Waals surface area contributed by atoms with Crippen LogP contribution in [0.15, 0.2) is 0 Å². The van der Waals surface area contributed by atoms with Crippen molar-refractivity contribution in [3.8, 4) is 0 Å². The van der Waals surface area contributed by atoms with Gasteiger partial charge in [-0.2, -0.15) is 0 Å². The molecule has 4 atom stereocenters. The molecule has 0 spiro atoms. The number of hydrogen-bond donors (Lipinski definition) is 2. The number of carbonyl (C=O) groups excluding carboxylic acids is 1. The molecule has 0 aromatic carbocycles. The zero-order chi connectivity index (χ0) is 9.42. The first kappa shape index (κ1) is 9.00. The summed E-state index contributed by atoms with van der Waals surface area (Å²) >= 11 is 0. The molecule has 3 unspecified atom stereocenters. The Balaban J connectivity index is 1.81. The van der Waals surface area contributed by atoms with Crippen LogP contribution in [-0.2, 0) is 4.79 Å². The number of hydrogen-bond acceptors (Lipinski definition) is 2. The minimum atomic E-state index is -0.259. The van der Waals surface area contributed by atoms with E-state index in [2.05, 4.69) is 0 Å². The van der Waals surface area contributed by atoms with Crippen molar-refractivity contribution in [2.45, 2.75) is 38.1 Å². The molecular weight excluding hydrogens is 164 g/mol. The fourth-order valence-corrected chi connectivity index (χ4v) is 2.68. The Labute approximate surface area is 78.9 Å². The van der Waals surface area contributed by atoms with Crippen molar-refractivity contribution in [1.29, 1.82) is 0 Å². The minimum Gasteiger partial charge on any atom is -0.370 e. The maximum atomic E-state index is 10.7. The Morgan fingerprint density at radius 2 is 2.08 bits per heavy atom. The molecule has 3 nitrogen and oxygen atoms in total.